The molecule has 2 rings (SSSR count). The highest BCUT2D eigenvalue weighted by atomic mass is 19.4. The van der Waals surface area contributed by atoms with Gasteiger partial charge in [-0.1, -0.05) is 25.1 Å². The molecule has 0 radical (unpaired) electrons. The maximum atomic E-state index is 12.7. The van der Waals surface area contributed by atoms with E-state index in [1.807, 2.05) is 36.1 Å². The highest BCUT2D eigenvalue weighted by Gasteiger charge is 2.41. The normalized spacial score (nSPS) is 19.1. The van der Waals surface area contributed by atoms with Crippen LogP contribution in [0.15, 0.2) is 24.3 Å². The first-order valence-electron chi connectivity index (χ1n) is 7.02. The molecule has 112 valence electrons. The Hall–Kier alpha value is -1.23. The first-order chi connectivity index (χ1) is 9.43. The standard InChI is InChI=1S/C15H20F3NO/c1-2-14(20)12-5-3-4-6-13(12)19-9-7-11(8-10-19)15(16,17)18/h3-6,11,14,20H,2,7-10H2,1H3. The van der Waals surface area contributed by atoms with E-state index < -0.39 is 18.2 Å². The molecule has 0 amide bonds. The molecule has 1 aliphatic heterocycles. The number of benzene rings is 1. The number of aliphatic hydroxyl groups is 1. The van der Waals surface area contributed by atoms with Gasteiger partial charge in [-0.3, -0.25) is 0 Å². The third kappa shape index (κ3) is 3.26. The van der Waals surface area contributed by atoms with E-state index >= 15 is 0 Å². The molecule has 0 spiro atoms. The SMILES string of the molecule is CCC(O)c1ccccc1N1CCC(C(F)(F)F)CC1. The van der Waals surface area contributed by atoms with Gasteiger partial charge >= 0.3 is 6.18 Å². The Kier molecular flexibility index (Phi) is 4.58. The van der Waals surface area contributed by atoms with Crippen LogP contribution in [-0.2, 0) is 0 Å². The van der Waals surface area contributed by atoms with Crippen molar-refractivity contribution in [1.82, 2.24) is 0 Å². The van der Waals surface area contributed by atoms with E-state index in [9.17, 15) is 18.3 Å². The van der Waals surface area contributed by atoms with Gasteiger partial charge < -0.3 is 10.0 Å². The Morgan fingerprint density at radius 3 is 2.40 bits per heavy atom. The Morgan fingerprint density at radius 2 is 1.85 bits per heavy atom. The molecule has 1 aliphatic rings. The summed E-state index contributed by atoms with van der Waals surface area (Å²) in [6, 6.07) is 7.43. The monoisotopic (exact) mass is 287 g/mol. The van der Waals surface area contributed by atoms with E-state index in [0.717, 1.165) is 11.3 Å². The van der Waals surface area contributed by atoms with E-state index in [1.54, 1.807) is 0 Å². The van der Waals surface area contributed by atoms with Crippen molar-refractivity contribution >= 4 is 5.69 Å². The lowest BCUT2D eigenvalue weighted by Crippen LogP contribution is -2.39. The molecule has 1 aromatic rings. The van der Waals surface area contributed by atoms with Crippen molar-refractivity contribution in [3.8, 4) is 0 Å². The number of hydrogen-bond acceptors (Lipinski definition) is 2. The quantitative estimate of drug-likeness (QED) is 0.911. The fourth-order valence-electron chi connectivity index (χ4n) is 2.72. The molecule has 5 heteroatoms. The van der Waals surface area contributed by atoms with Crippen molar-refractivity contribution in [2.75, 3.05) is 18.0 Å². The van der Waals surface area contributed by atoms with Crippen LogP contribution in [0.1, 0.15) is 37.9 Å². The summed E-state index contributed by atoms with van der Waals surface area (Å²) in [7, 11) is 0. The third-order valence-electron chi connectivity index (χ3n) is 3.98. The highest BCUT2D eigenvalue weighted by Crippen LogP contribution is 2.37. The molecule has 1 heterocycles. The maximum Gasteiger partial charge on any atom is 0.391 e. The molecule has 1 aromatic carbocycles. The Bertz CT molecular complexity index is 439. The van der Waals surface area contributed by atoms with Crippen LogP contribution in [0.25, 0.3) is 0 Å². The summed E-state index contributed by atoms with van der Waals surface area (Å²) in [5, 5.41) is 10.0. The van der Waals surface area contributed by atoms with Crippen LogP contribution in [-0.4, -0.2) is 24.4 Å². The predicted molar refractivity (Wildman–Crippen MR) is 72.7 cm³/mol. The number of anilines is 1. The predicted octanol–water partition coefficient (Wildman–Crippen LogP) is 3.91. The van der Waals surface area contributed by atoms with Gasteiger partial charge in [0.2, 0.25) is 0 Å². The molecule has 0 saturated carbocycles. The molecule has 1 fully saturated rings. The lowest BCUT2D eigenvalue weighted by Gasteiger charge is -2.36. The summed E-state index contributed by atoms with van der Waals surface area (Å²) in [5.41, 5.74) is 1.67. The van der Waals surface area contributed by atoms with Crippen molar-refractivity contribution in [3.63, 3.8) is 0 Å². The second kappa shape index (κ2) is 6.04. The van der Waals surface area contributed by atoms with Crippen LogP contribution >= 0.6 is 0 Å². The van der Waals surface area contributed by atoms with Gasteiger partial charge in [0.25, 0.3) is 0 Å². The minimum Gasteiger partial charge on any atom is -0.388 e. The van der Waals surface area contributed by atoms with Crippen LogP contribution in [0, 0.1) is 5.92 Å². The second-order valence-corrected chi connectivity index (χ2v) is 5.29. The van der Waals surface area contributed by atoms with Crippen molar-refractivity contribution in [2.24, 2.45) is 5.92 Å². The van der Waals surface area contributed by atoms with E-state index in [-0.39, 0.29) is 12.8 Å². The second-order valence-electron chi connectivity index (χ2n) is 5.29. The van der Waals surface area contributed by atoms with Gasteiger partial charge in [0.15, 0.2) is 0 Å². The smallest absolute Gasteiger partial charge is 0.388 e. The summed E-state index contributed by atoms with van der Waals surface area (Å²) in [6.45, 7) is 2.66. The van der Waals surface area contributed by atoms with Crippen molar-refractivity contribution in [1.29, 1.82) is 0 Å². The molecule has 2 nitrogen and oxygen atoms in total. The number of alkyl halides is 3. The number of piperidine rings is 1. The van der Waals surface area contributed by atoms with E-state index in [1.165, 1.54) is 0 Å². The minimum absolute atomic E-state index is 0.125. The van der Waals surface area contributed by atoms with Gasteiger partial charge in [0.1, 0.15) is 0 Å². The summed E-state index contributed by atoms with van der Waals surface area (Å²) < 4.78 is 38.0. The first-order valence-corrected chi connectivity index (χ1v) is 7.02. The number of para-hydroxylation sites is 1. The zero-order valence-electron chi connectivity index (χ0n) is 11.5. The summed E-state index contributed by atoms with van der Waals surface area (Å²) >= 11 is 0. The lowest BCUT2D eigenvalue weighted by molar-refractivity contribution is -0.179. The molecule has 0 bridgehead atoms. The third-order valence-corrected chi connectivity index (χ3v) is 3.98. The molecule has 1 N–H and O–H groups in total. The molecular weight excluding hydrogens is 267 g/mol. The Balaban J connectivity index is 2.11. The lowest BCUT2D eigenvalue weighted by atomic mass is 9.94. The van der Waals surface area contributed by atoms with Crippen LogP contribution in [0.4, 0.5) is 18.9 Å². The van der Waals surface area contributed by atoms with Crippen molar-refractivity contribution in [2.45, 2.75) is 38.5 Å². The van der Waals surface area contributed by atoms with Gasteiger partial charge in [-0.15, -0.1) is 0 Å². The minimum atomic E-state index is -4.09. The van der Waals surface area contributed by atoms with Gasteiger partial charge in [0.05, 0.1) is 12.0 Å². The Labute approximate surface area is 117 Å². The number of hydrogen-bond donors (Lipinski definition) is 1. The molecule has 1 unspecified atom stereocenters. The summed E-state index contributed by atoms with van der Waals surface area (Å²) in [4.78, 5) is 1.95. The van der Waals surface area contributed by atoms with Gasteiger partial charge in [-0.25, -0.2) is 0 Å². The summed E-state index contributed by atoms with van der Waals surface area (Å²) in [5.74, 6) is -1.19. The van der Waals surface area contributed by atoms with Crippen LogP contribution in [0.2, 0.25) is 0 Å². The maximum absolute atomic E-state index is 12.7. The van der Waals surface area contributed by atoms with Crippen molar-refractivity contribution in [3.05, 3.63) is 29.8 Å². The van der Waals surface area contributed by atoms with Gasteiger partial charge in [-0.2, -0.15) is 13.2 Å². The first kappa shape index (κ1) is 15.2. The van der Waals surface area contributed by atoms with Crippen LogP contribution < -0.4 is 4.90 Å². The molecule has 20 heavy (non-hydrogen) atoms. The van der Waals surface area contributed by atoms with E-state index in [2.05, 4.69) is 0 Å². The largest absolute Gasteiger partial charge is 0.391 e. The zero-order valence-corrected chi connectivity index (χ0v) is 11.5. The molecule has 1 saturated heterocycles. The number of rotatable bonds is 3. The fraction of sp³-hybridized carbons (Fsp3) is 0.600. The topological polar surface area (TPSA) is 23.5 Å². The van der Waals surface area contributed by atoms with Gasteiger partial charge in [0, 0.05) is 24.3 Å². The number of aliphatic hydroxyl groups excluding tert-OH is 1. The highest BCUT2D eigenvalue weighted by molar-refractivity contribution is 5.55. The fourth-order valence-corrected chi connectivity index (χ4v) is 2.72. The Morgan fingerprint density at radius 1 is 1.25 bits per heavy atom. The van der Waals surface area contributed by atoms with Crippen LogP contribution in [0.5, 0.6) is 0 Å². The number of halogens is 3. The molecule has 0 aliphatic carbocycles. The molecular formula is C15H20F3NO. The van der Waals surface area contributed by atoms with E-state index in [0.29, 0.717) is 19.5 Å². The molecule has 0 aromatic heterocycles. The van der Waals surface area contributed by atoms with Crippen molar-refractivity contribution < 1.29 is 18.3 Å². The average Bonchev–Trinajstić information content (AvgIpc) is 2.45. The number of nitrogens with zero attached hydrogens (tertiary/aromatic N) is 1. The zero-order chi connectivity index (χ0) is 14.8. The van der Waals surface area contributed by atoms with Gasteiger partial charge in [-0.05, 0) is 25.3 Å². The van der Waals surface area contributed by atoms with Crippen LogP contribution in [0.3, 0.4) is 0 Å². The molecule has 1 atom stereocenters. The average molecular weight is 287 g/mol. The summed E-state index contributed by atoms with van der Waals surface area (Å²) in [6.07, 6.45) is -3.81. The van der Waals surface area contributed by atoms with E-state index in [4.69, 9.17) is 0 Å².